The van der Waals surface area contributed by atoms with Gasteiger partial charge in [0.1, 0.15) is 17.3 Å². The second-order valence-corrected chi connectivity index (χ2v) is 6.65. The summed E-state index contributed by atoms with van der Waals surface area (Å²) in [6.07, 6.45) is 0.841. The zero-order valence-electron chi connectivity index (χ0n) is 13.5. The van der Waals surface area contributed by atoms with Crippen molar-refractivity contribution in [3.05, 3.63) is 57.8 Å². The van der Waals surface area contributed by atoms with Gasteiger partial charge in [-0.2, -0.15) is 0 Å². The molecule has 1 heterocycles. The predicted octanol–water partition coefficient (Wildman–Crippen LogP) is 3.93. The molecule has 0 aromatic heterocycles. The number of hydrogen-bond acceptors (Lipinski definition) is 3. The molecular formula is C18H15Cl2FN2O3. The molecule has 8 heteroatoms. The number of carbonyl (C=O) groups excluding carboxylic acids is 2. The van der Waals surface area contributed by atoms with E-state index >= 15 is 0 Å². The lowest BCUT2D eigenvalue weighted by atomic mass is 10.1. The predicted molar refractivity (Wildman–Crippen MR) is 96.4 cm³/mol. The van der Waals surface area contributed by atoms with Gasteiger partial charge in [-0.1, -0.05) is 23.2 Å². The van der Waals surface area contributed by atoms with Crippen LogP contribution in [0.5, 0.6) is 11.5 Å². The summed E-state index contributed by atoms with van der Waals surface area (Å²) in [6, 6.07) is 7.91. The lowest BCUT2D eigenvalue weighted by Gasteiger charge is -2.23. The van der Waals surface area contributed by atoms with Crippen molar-refractivity contribution < 1.29 is 18.7 Å². The molecule has 0 bridgehead atoms. The molecule has 0 radical (unpaired) electrons. The monoisotopic (exact) mass is 396 g/mol. The van der Waals surface area contributed by atoms with E-state index in [1.165, 1.54) is 36.4 Å². The molecule has 1 unspecified atom stereocenters. The first kappa shape index (κ1) is 18.5. The minimum absolute atomic E-state index is 0.113. The maximum atomic E-state index is 13.1. The van der Waals surface area contributed by atoms with Gasteiger partial charge in [0, 0.05) is 25.1 Å². The van der Waals surface area contributed by atoms with Crippen LogP contribution in [0.3, 0.4) is 0 Å². The Morgan fingerprint density at radius 3 is 2.58 bits per heavy atom. The Kier molecular flexibility index (Phi) is 5.64. The van der Waals surface area contributed by atoms with Crippen LogP contribution in [0.2, 0.25) is 10.0 Å². The van der Waals surface area contributed by atoms with Gasteiger partial charge in [0.15, 0.2) is 0 Å². The highest BCUT2D eigenvalue weighted by Gasteiger charge is 2.23. The summed E-state index contributed by atoms with van der Waals surface area (Å²) in [4.78, 5) is 24.1. The van der Waals surface area contributed by atoms with Crippen molar-refractivity contribution in [2.75, 3.05) is 6.54 Å². The fourth-order valence-corrected chi connectivity index (χ4v) is 2.91. The molecule has 136 valence electrons. The van der Waals surface area contributed by atoms with E-state index in [2.05, 4.69) is 10.6 Å². The molecule has 0 spiro atoms. The maximum absolute atomic E-state index is 13.1. The number of amides is 2. The normalized spacial score (nSPS) is 16.7. The number of hydrogen-bond donors (Lipinski definition) is 2. The number of benzene rings is 2. The second kappa shape index (κ2) is 7.93. The van der Waals surface area contributed by atoms with Crippen molar-refractivity contribution >= 4 is 35.0 Å². The topological polar surface area (TPSA) is 67.4 Å². The minimum atomic E-state index is -0.430. The molecule has 1 fully saturated rings. The lowest BCUT2D eigenvalue weighted by molar-refractivity contribution is -0.122. The van der Waals surface area contributed by atoms with E-state index < -0.39 is 11.7 Å². The van der Waals surface area contributed by atoms with Crippen molar-refractivity contribution in [3.8, 4) is 11.5 Å². The minimum Gasteiger partial charge on any atom is -0.456 e. The molecule has 26 heavy (non-hydrogen) atoms. The maximum Gasteiger partial charge on any atom is 0.255 e. The van der Waals surface area contributed by atoms with Crippen LogP contribution in [0.1, 0.15) is 23.2 Å². The largest absolute Gasteiger partial charge is 0.456 e. The van der Waals surface area contributed by atoms with Crippen LogP contribution in [0.15, 0.2) is 36.4 Å². The molecule has 2 aromatic rings. The van der Waals surface area contributed by atoms with Crippen LogP contribution >= 0.6 is 23.2 Å². The van der Waals surface area contributed by atoms with Crippen molar-refractivity contribution in [3.63, 3.8) is 0 Å². The number of halogens is 3. The van der Waals surface area contributed by atoms with Crippen LogP contribution in [0, 0.1) is 5.82 Å². The SMILES string of the molecule is O=C1CC(NC(=O)c2cc(Cl)c(Cl)cc2Oc2ccc(F)cc2)CCN1. The third kappa shape index (κ3) is 4.45. The van der Waals surface area contributed by atoms with E-state index in [4.69, 9.17) is 27.9 Å². The number of piperidine rings is 1. The highest BCUT2D eigenvalue weighted by Crippen LogP contribution is 2.33. The first-order chi connectivity index (χ1) is 12.4. The Hall–Kier alpha value is -2.31. The quantitative estimate of drug-likeness (QED) is 0.822. The molecule has 2 amide bonds. The van der Waals surface area contributed by atoms with Gasteiger partial charge in [-0.15, -0.1) is 0 Å². The van der Waals surface area contributed by atoms with Gasteiger partial charge in [-0.3, -0.25) is 9.59 Å². The number of carbonyl (C=O) groups is 2. The smallest absolute Gasteiger partial charge is 0.255 e. The molecule has 5 nitrogen and oxygen atoms in total. The van der Waals surface area contributed by atoms with Gasteiger partial charge >= 0.3 is 0 Å². The van der Waals surface area contributed by atoms with E-state index in [9.17, 15) is 14.0 Å². The highest BCUT2D eigenvalue weighted by atomic mass is 35.5. The molecule has 1 aliphatic rings. The van der Waals surface area contributed by atoms with E-state index in [1.54, 1.807) is 0 Å². The molecule has 0 aliphatic carbocycles. The zero-order chi connectivity index (χ0) is 18.7. The van der Waals surface area contributed by atoms with E-state index in [1.807, 2.05) is 0 Å². The first-order valence-corrected chi connectivity index (χ1v) is 8.68. The third-order valence-electron chi connectivity index (χ3n) is 3.89. The Morgan fingerprint density at radius 2 is 1.88 bits per heavy atom. The summed E-state index contributed by atoms with van der Waals surface area (Å²) in [6.45, 7) is 0.504. The number of ether oxygens (including phenoxy) is 1. The Morgan fingerprint density at radius 1 is 1.19 bits per heavy atom. The average Bonchev–Trinajstić information content (AvgIpc) is 2.60. The second-order valence-electron chi connectivity index (χ2n) is 5.83. The molecule has 3 rings (SSSR count). The van der Waals surface area contributed by atoms with Crippen molar-refractivity contribution in [1.29, 1.82) is 0 Å². The van der Waals surface area contributed by atoms with Gasteiger partial charge in [0.25, 0.3) is 5.91 Å². The van der Waals surface area contributed by atoms with E-state index in [0.29, 0.717) is 18.7 Å². The molecule has 2 aromatic carbocycles. The molecule has 0 saturated carbocycles. The van der Waals surface area contributed by atoms with Crippen LogP contribution < -0.4 is 15.4 Å². The van der Waals surface area contributed by atoms with Crippen LogP contribution in [-0.2, 0) is 4.79 Å². The standard InChI is InChI=1S/C18H15Cl2FN2O3/c19-14-8-13(18(25)23-11-5-6-22-17(24)7-11)16(9-15(14)20)26-12-3-1-10(21)2-4-12/h1-4,8-9,11H,5-7H2,(H,22,24)(H,23,25). The summed E-state index contributed by atoms with van der Waals surface area (Å²) in [5.41, 5.74) is 0.176. The van der Waals surface area contributed by atoms with Gasteiger partial charge < -0.3 is 15.4 Å². The molecule has 2 N–H and O–H groups in total. The average molecular weight is 397 g/mol. The van der Waals surface area contributed by atoms with E-state index in [-0.39, 0.29) is 39.7 Å². The number of rotatable bonds is 4. The highest BCUT2D eigenvalue weighted by molar-refractivity contribution is 6.42. The fourth-order valence-electron chi connectivity index (χ4n) is 2.59. The Labute approximate surface area is 159 Å². The Balaban J connectivity index is 1.84. The van der Waals surface area contributed by atoms with Gasteiger partial charge in [0.05, 0.1) is 15.6 Å². The molecular weight excluding hydrogens is 382 g/mol. The summed E-state index contributed by atoms with van der Waals surface area (Å²) in [5, 5.41) is 5.93. The summed E-state index contributed by atoms with van der Waals surface area (Å²) in [7, 11) is 0. The van der Waals surface area contributed by atoms with Crippen LogP contribution in [0.25, 0.3) is 0 Å². The lowest BCUT2D eigenvalue weighted by Crippen LogP contribution is -2.45. The van der Waals surface area contributed by atoms with Crippen LogP contribution in [0.4, 0.5) is 4.39 Å². The van der Waals surface area contributed by atoms with Gasteiger partial charge in [-0.25, -0.2) is 4.39 Å². The summed E-state index contributed by atoms with van der Waals surface area (Å²) in [5.74, 6) is -0.418. The molecule has 1 aliphatic heterocycles. The number of nitrogens with one attached hydrogen (secondary N) is 2. The Bertz CT molecular complexity index is 843. The van der Waals surface area contributed by atoms with Crippen molar-refractivity contribution in [2.24, 2.45) is 0 Å². The van der Waals surface area contributed by atoms with Crippen molar-refractivity contribution in [1.82, 2.24) is 10.6 Å². The van der Waals surface area contributed by atoms with Gasteiger partial charge in [-0.05, 0) is 36.8 Å². The molecule has 1 atom stereocenters. The fraction of sp³-hybridized carbons (Fsp3) is 0.222. The van der Waals surface area contributed by atoms with Crippen molar-refractivity contribution in [2.45, 2.75) is 18.9 Å². The molecule has 1 saturated heterocycles. The zero-order valence-corrected chi connectivity index (χ0v) is 15.0. The van der Waals surface area contributed by atoms with E-state index in [0.717, 1.165) is 0 Å². The third-order valence-corrected chi connectivity index (χ3v) is 4.61. The summed E-state index contributed by atoms with van der Waals surface area (Å²) >= 11 is 12.1. The van der Waals surface area contributed by atoms with Gasteiger partial charge in [0.2, 0.25) is 5.91 Å². The summed E-state index contributed by atoms with van der Waals surface area (Å²) < 4.78 is 18.7. The van der Waals surface area contributed by atoms with Crippen LogP contribution in [-0.4, -0.2) is 24.4 Å². The first-order valence-electron chi connectivity index (χ1n) is 7.92.